The highest BCUT2D eigenvalue weighted by atomic mass is 35.5. The van der Waals surface area contributed by atoms with Crippen LogP contribution >= 0.6 is 11.6 Å². The van der Waals surface area contributed by atoms with Crippen molar-refractivity contribution in [2.75, 3.05) is 19.5 Å². The summed E-state index contributed by atoms with van der Waals surface area (Å²) in [6.45, 7) is 8.05. The number of carbonyl (C=O) groups is 1. The Hall–Kier alpha value is -2.29. The summed E-state index contributed by atoms with van der Waals surface area (Å²) in [6.07, 6.45) is 2.81. The number of halogens is 1. The van der Waals surface area contributed by atoms with Gasteiger partial charge in [0.1, 0.15) is 11.5 Å². The molecule has 1 unspecified atom stereocenters. The molecule has 2 aromatic rings. The van der Waals surface area contributed by atoms with Crippen LogP contribution in [0.2, 0.25) is 5.02 Å². The van der Waals surface area contributed by atoms with E-state index < -0.39 is 10.0 Å². The monoisotopic (exact) mass is 510 g/mol. The Morgan fingerprint density at radius 3 is 2.29 bits per heavy atom. The summed E-state index contributed by atoms with van der Waals surface area (Å²) in [5, 5.41) is 8.68. The van der Waals surface area contributed by atoms with Gasteiger partial charge in [0.25, 0.3) is 0 Å². The van der Waals surface area contributed by atoms with Crippen LogP contribution in [0.4, 0.5) is 5.69 Å². The largest absolute Gasteiger partial charge is 0.496 e. The molecule has 0 radical (unpaired) electrons. The normalized spacial score (nSPS) is 12.8. The number of primary sulfonamides is 1. The first kappa shape index (κ1) is 28.0. The molecule has 3 N–H and O–H groups in total. The second kappa shape index (κ2) is 11.4. The molecular weight excluding hydrogens is 476 g/mol. The van der Waals surface area contributed by atoms with Crippen molar-refractivity contribution in [1.29, 1.82) is 0 Å². The quantitative estimate of drug-likeness (QED) is 0.432. The van der Waals surface area contributed by atoms with Gasteiger partial charge < -0.3 is 14.8 Å². The summed E-state index contributed by atoms with van der Waals surface area (Å²) in [6, 6.07) is 8.08. The van der Waals surface area contributed by atoms with Crippen molar-refractivity contribution in [3.05, 3.63) is 46.5 Å². The molecule has 188 valence electrons. The van der Waals surface area contributed by atoms with Gasteiger partial charge in [-0.3, -0.25) is 4.79 Å². The maximum absolute atomic E-state index is 13.2. The zero-order chi connectivity index (χ0) is 25.7. The van der Waals surface area contributed by atoms with Crippen LogP contribution in [0, 0.1) is 0 Å². The van der Waals surface area contributed by atoms with Gasteiger partial charge in [0, 0.05) is 18.2 Å². The molecule has 2 aromatic carbocycles. The van der Waals surface area contributed by atoms with Gasteiger partial charge in [-0.1, -0.05) is 58.2 Å². The number of nitrogens with one attached hydrogen (secondary N) is 1. The third-order valence-corrected chi connectivity index (χ3v) is 6.89. The van der Waals surface area contributed by atoms with Crippen molar-refractivity contribution >= 4 is 33.2 Å². The number of methoxy groups -OCH3 is 2. The average Bonchev–Trinajstić information content (AvgIpc) is 2.75. The Kier molecular flexibility index (Phi) is 9.39. The summed E-state index contributed by atoms with van der Waals surface area (Å²) in [7, 11) is -0.817. The summed E-state index contributed by atoms with van der Waals surface area (Å²) >= 11 is 6.38. The van der Waals surface area contributed by atoms with Gasteiger partial charge in [0.15, 0.2) is 0 Å². The van der Waals surface area contributed by atoms with Crippen LogP contribution in [0.25, 0.3) is 0 Å². The summed E-state index contributed by atoms with van der Waals surface area (Å²) in [5.41, 5.74) is 1.74. The Morgan fingerprint density at radius 2 is 1.76 bits per heavy atom. The molecule has 0 saturated carbocycles. The maximum Gasteiger partial charge on any atom is 0.238 e. The smallest absolute Gasteiger partial charge is 0.238 e. The van der Waals surface area contributed by atoms with E-state index in [0.717, 1.165) is 30.4 Å². The third kappa shape index (κ3) is 7.10. The molecule has 34 heavy (non-hydrogen) atoms. The molecule has 0 fully saturated rings. The minimum atomic E-state index is -3.92. The number of anilines is 1. The minimum absolute atomic E-state index is 0.0538. The Balaban J connectivity index is 2.43. The van der Waals surface area contributed by atoms with Gasteiger partial charge >= 0.3 is 0 Å². The minimum Gasteiger partial charge on any atom is -0.496 e. The van der Waals surface area contributed by atoms with Crippen molar-refractivity contribution in [3.63, 3.8) is 0 Å². The molecule has 7 nitrogen and oxygen atoms in total. The number of hydrogen-bond acceptors (Lipinski definition) is 5. The van der Waals surface area contributed by atoms with Crippen molar-refractivity contribution < 1.29 is 22.7 Å². The Morgan fingerprint density at radius 1 is 1.12 bits per heavy atom. The maximum atomic E-state index is 13.2. The summed E-state index contributed by atoms with van der Waals surface area (Å²) in [4.78, 5) is 13.2. The van der Waals surface area contributed by atoms with Gasteiger partial charge in [-0.15, -0.1) is 0 Å². The highest BCUT2D eigenvalue weighted by Crippen LogP contribution is 2.40. The number of sulfonamides is 1. The SMILES string of the molecule is CCCCC(CC(=O)Nc1cc(S(N)(=O)=O)ccc1C(C)(C)C)c1cc(Cl)c(OC)cc1OC. The van der Waals surface area contributed by atoms with Gasteiger partial charge in [0.05, 0.1) is 24.1 Å². The second-order valence-corrected chi connectivity index (χ2v) is 11.3. The van der Waals surface area contributed by atoms with Crippen LogP contribution in [-0.4, -0.2) is 28.5 Å². The van der Waals surface area contributed by atoms with Crippen molar-refractivity contribution in [3.8, 4) is 11.5 Å². The summed E-state index contributed by atoms with van der Waals surface area (Å²) in [5.74, 6) is 0.697. The van der Waals surface area contributed by atoms with Crippen LogP contribution in [0.3, 0.4) is 0 Å². The molecule has 0 aliphatic heterocycles. The molecule has 1 amide bonds. The molecular formula is C25H35ClN2O5S. The van der Waals surface area contributed by atoms with Crippen LogP contribution in [0.1, 0.15) is 70.4 Å². The Bertz CT molecular complexity index is 1130. The molecule has 0 heterocycles. The summed E-state index contributed by atoms with van der Waals surface area (Å²) < 4.78 is 34.7. The number of unbranched alkanes of at least 4 members (excludes halogenated alkanes) is 1. The zero-order valence-electron chi connectivity index (χ0n) is 20.7. The van der Waals surface area contributed by atoms with Gasteiger partial charge in [0.2, 0.25) is 15.9 Å². The molecule has 0 aliphatic carbocycles. The van der Waals surface area contributed by atoms with E-state index in [-0.39, 0.29) is 28.6 Å². The molecule has 0 saturated heterocycles. The van der Waals surface area contributed by atoms with E-state index >= 15 is 0 Å². The van der Waals surface area contributed by atoms with Gasteiger partial charge in [-0.2, -0.15) is 0 Å². The van der Waals surface area contributed by atoms with E-state index in [9.17, 15) is 13.2 Å². The predicted octanol–water partition coefficient (Wildman–Crippen LogP) is 5.60. The first-order valence-corrected chi connectivity index (χ1v) is 13.1. The number of amides is 1. The molecule has 0 aliphatic rings. The lowest BCUT2D eigenvalue weighted by atomic mass is 9.85. The molecule has 2 rings (SSSR count). The van der Waals surface area contributed by atoms with E-state index in [2.05, 4.69) is 12.2 Å². The third-order valence-electron chi connectivity index (χ3n) is 5.68. The van der Waals surface area contributed by atoms with Crippen molar-refractivity contribution in [2.45, 2.75) is 69.6 Å². The van der Waals surface area contributed by atoms with Crippen LogP contribution in [0.5, 0.6) is 11.5 Å². The van der Waals surface area contributed by atoms with Crippen LogP contribution in [-0.2, 0) is 20.2 Å². The lowest BCUT2D eigenvalue weighted by molar-refractivity contribution is -0.116. The fraction of sp³-hybridized carbons (Fsp3) is 0.480. The number of hydrogen-bond donors (Lipinski definition) is 2. The number of ether oxygens (including phenoxy) is 2. The molecule has 9 heteroatoms. The van der Waals surface area contributed by atoms with E-state index in [4.69, 9.17) is 26.2 Å². The lowest BCUT2D eigenvalue weighted by Crippen LogP contribution is -2.22. The van der Waals surface area contributed by atoms with Gasteiger partial charge in [-0.05, 0) is 47.1 Å². The second-order valence-electron chi connectivity index (χ2n) is 9.32. The first-order valence-electron chi connectivity index (χ1n) is 11.2. The first-order chi connectivity index (χ1) is 15.8. The fourth-order valence-corrected chi connectivity index (χ4v) is 4.69. The van der Waals surface area contributed by atoms with Crippen LogP contribution in [0.15, 0.2) is 35.2 Å². The molecule has 0 spiro atoms. The number of benzene rings is 2. The molecule has 0 aromatic heterocycles. The van der Waals surface area contributed by atoms with Crippen molar-refractivity contribution in [2.24, 2.45) is 5.14 Å². The van der Waals surface area contributed by atoms with Crippen molar-refractivity contribution in [1.82, 2.24) is 0 Å². The van der Waals surface area contributed by atoms with E-state index in [1.165, 1.54) is 19.2 Å². The van der Waals surface area contributed by atoms with E-state index in [1.54, 1.807) is 25.3 Å². The predicted molar refractivity (Wildman–Crippen MR) is 137 cm³/mol. The number of rotatable bonds is 10. The fourth-order valence-electron chi connectivity index (χ4n) is 3.90. The molecule has 1 atom stereocenters. The van der Waals surface area contributed by atoms with Gasteiger partial charge in [-0.25, -0.2) is 13.6 Å². The highest BCUT2D eigenvalue weighted by molar-refractivity contribution is 7.89. The lowest BCUT2D eigenvalue weighted by Gasteiger charge is -2.25. The van der Waals surface area contributed by atoms with E-state index in [1.807, 2.05) is 20.8 Å². The molecule has 0 bridgehead atoms. The standard InChI is InChI=1S/C25H35ClN2O5S/c1-7-8-9-16(18-14-20(26)23(33-6)15-22(18)32-5)12-24(29)28-21-13-17(34(27,30)31)10-11-19(21)25(2,3)4/h10-11,13-16H,7-9,12H2,1-6H3,(H,28,29)(H2,27,30,31). The number of nitrogens with two attached hydrogens (primary N) is 1. The zero-order valence-corrected chi connectivity index (χ0v) is 22.3. The topological polar surface area (TPSA) is 108 Å². The van der Waals surface area contributed by atoms with Crippen LogP contribution < -0.4 is 19.9 Å². The Labute approximate surface area is 208 Å². The average molecular weight is 511 g/mol. The number of carbonyl (C=O) groups excluding carboxylic acids is 1. The van der Waals surface area contributed by atoms with E-state index in [0.29, 0.717) is 22.2 Å². The highest BCUT2D eigenvalue weighted by Gasteiger charge is 2.25.